The Hall–Kier alpha value is -1.90. The van der Waals surface area contributed by atoms with E-state index in [-0.39, 0.29) is 24.4 Å². The van der Waals surface area contributed by atoms with Crippen LogP contribution in [-0.4, -0.2) is 27.6 Å². The van der Waals surface area contributed by atoms with Crippen molar-refractivity contribution in [2.45, 2.75) is 24.6 Å². The van der Waals surface area contributed by atoms with E-state index < -0.39 is 17.6 Å². The molecule has 1 aromatic heterocycles. The summed E-state index contributed by atoms with van der Waals surface area (Å²) in [5.41, 5.74) is -0.179. The third kappa shape index (κ3) is 2.21. The summed E-state index contributed by atoms with van der Waals surface area (Å²) in [6.45, 7) is 0. The van der Waals surface area contributed by atoms with Crippen LogP contribution in [0.4, 0.5) is 19.0 Å². The minimum absolute atomic E-state index is 0.0968. The summed E-state index contributed by atoms with van der Waals surface area (Å²) >= 11 is 0. The molecule has 0 atom stereocenters. The number of alkyl halides is 3. The lowest BCUT2D eigenvalue weighted by atomic mass is 10.2. The summed E-state index contributed by atoms with van der Waals surface area (Å²) in [6, 6.07) is 0. The van der Waals surface area contributed by atoms with Crippen LogP contribution in [0.1, 0.15) is 23.3 Å². The Morgan fingerprint density at radius 2 is 2.06 bits per heavy atom. The van der Waals surface area contributed by atoms with E-state index in [1.807, 2.05) is 5.32 Å². The van der Waals surface area contributed by atoms with Gasteiger partial charge in [0.25, 0.3) is 5.91 Å². The summed E-state index contributed by atoms with van der Waals surface area (Å²) in [5, 5.41) is 1.94. The van der Waals surface area contributed by atoms with Gasteiger partial charge < -0.3 is 10.7 Å². The van der Waals surface area contributed by atoms with Crippen LogP contribution >= 0.6 is 0 Å². The Bertz CT molecular complexity index is 472. The second-order valence-electron chi connectivity index (χ2n) is 3.97. The molecule has 1 saturated carbocycles. The molecule has 1 amide bonds. The molecule has 0 spiro atoms. The van der Waals surface area contributed by atoms with Crippen molar-refractivity contribution in [1.29, 1.82) is 0 Å². The molecule has 6 nitrogen and oxygen atoms in total. The molecule has 18 heavy (non-hydrogen) atoms. The van der Waals surface area contributed by atoms with Crippen LogP contribution < -0.4 is 16.6 Å². The lowest BCUT2D eigenvalue weighted by molar-refractivity contribution is -0.163. The Balaban J connectivity index is 2.13. The van der Waals surface area contributed by atoms with E-state index in [0.717, 1.165) is 6.20 Å². The van der Waals surface area contributed by atoms with Gasteiger partial charge in [0.2, 0.25) is 0 Å². The summed E-state index contributed by atoms with van der Waals surface area (Å²) < 4.78 is 37.9. The third-order valence-electron chi connectivity index (χ3n) is 2.66. The number of aromatic nitrogens is 2. The quantitative estimate of drug-likeness (QED) is 0.547. The van der Waals surface area contributed by atoms with E-state index in [1.54, 1.807) is 0 Å². The Morgan fingerprint density at radius 3 is 2.56 bits per heavy atom. The minimum atomic E-state index is -4.46. The van der Waals surface area contributed by atoms with Gasteiger partial charge in [0.05, 0.1) is 12.4 Å². The average Bonchev–Trinajstić information content (AvgIpc) is 3.09. The zero-order valence-electron chi connectivity index (χ0n) is 9.08. The number of carbonyl (C=O) groups excluding carboxylic acids is 1. The number of nitrogens with zero attached hydrogens (tertiary/aromatic N) is 2. The molecule has 4 N–H and O–H groups in total. The van der Waals surface area contributed by atoms with Gasteiger partial charge in [-0.3, -0.25) is 9.78 Å². The molecule has 9 heteroatoms. The van der Waals surface area contributed by atoms with Gasteiger partial charge in [-0.15, -0.1) is 0 Å². The van der Waals surface area contributed by atoms with Crippen LogP contribution in [0, 0.1) is 0 Å². The maximum Gasteiger partial charge on any atom is 0.411 e. The molecule has 1 aromatic rings. The molecular formula is C9H10F3N5O. The largest absolute Gasteiger partial charge is 0.411 e. The maximum absolute atomic E-state index is 12.6. The van der Waals surface area contributed by atoms with E-state index in [4.69, 9.17) is 5.84 Å². The molecule has 0 saturated heterocycles. The van der Waals surface area contributed by atoms with E-state index in [2.05, 4.69) is 15.4 Å². The van der Waals surface area contributed by atoms with Gasteiger partial charge in [-0.1, -0.05) is 0 Å². The molecule has 98 valence electrons. The first-order valence-corrected chi connectivity index (χ1v) is 5.06. The van der Waals surface area contributed by atoms with Crippen molar-refractivity contribution < 1.29 is 18.0 Å². The molecule has 0 radical (unpaired) electrons. The van der Waals surface area contributed by atoms with E-state index >= 15 is 0 Å². The number of carbonyl (C=O) groups is 1. The molecule has 0 aromatic carbocycles. The van der Waals surface area contributed by atoms with E-state index in [1.165, 1.54) is 6.20 Å². The zero-order valence-corrected chi connectivity index (χ0v) is 9.08. The molecule has 1 aliphatic rings. The van der Waals surface area contributed by atoms with Crippen molar-refractivity contribution >= 4 is 11.7 Å². The monoisotopic (exact) mass is 261 g/mol. The highest BCUT2D eigenvalue weighted by atomic mass is 19.4. The summed E-state index contributed by atoms with van der Waals surface area (Å²) in [5.74, 6) is 4.24. The first-order valence-electron chi connectivity index (χ1n) is 5.06. The molecular weight excluding hydrogens is 251 g/mol. The molecule has 1 aliphatic carbocycles. The molecule has 0 aliphatic heterocycles. The Morgan fingerprint density at radius 1 is 1.39 bits per heavy atom. The number of nitrogens with two attached hydrogens (primary N) is 1. The van der Waals surface area contributed by atoms with Crippen LogP contribution in [0.3, 0.4) is 0 Å². The van der Waals surface area contributed by atoms with Crippen LogP contribution in [0.2, 0.25) is 0 Å². The summed E-state index contributed by atoms with van der Waals surface area (Å²) in [6.07, 6.45) is -2.38. The number of hydrogen-bond acceptors (Lipinski definition) is 5. The Kier molecular flexibility index (Phi) is 2.85. The fraction of sp³-hybridized carbons (Fsp3) is 0.444. The first-order chi connectivity index (χ1) is 8.38. The predicted molar refractivity (Wildman–Crippen MR) is 55.3 cm³/mol. The van der Waals surface area contributed by atoms with Crippen LogP contribution in [0.25, 0.3) is 0 Å². The summed E-state index contributed by atoms with van der Waals surface area (Å²) in [7, 11) is 0. The predicted octanol–water partition coefficient (Wildman–Crippen LogP) is 0.587. The molecule has 1 fully saturated rings. The van der Waals surface area contributed by atoms with Crippen LogP contribution in [0.5, 0.6) is 0 Å². The SMILES string of the molecule is NNc1cncc(C(=O)NC2(C(F)(F)F)CC2)n1. The lowest BCUT2D eigenvalue weighted by Gasteiger charge is -2.20. The highest BCUT2D eigenvalue weighted by molar-refractivity contribution is 5.93. The zero-order chi connectivity index (χ0) is 13.4. The number of nitrogen functional groups attached to an aromatic ring is 1. The van der Waals surface area contributed by atoms with E-state index in [0.29, 0.717) is 0 Å². The highest BCUT2D eigenvalue weighted by Gasteiger charge is 2.64. The van der Waals surface area contributed by atoms with Crippen LogP contribution in [0.15, 0.2) is 12.4 Å². The van der Waals surface area contributed by atoms with Crippen molar-refractivity contribution in [2.75, 3.05) is 5.43 Å². The molecule has 0 unspecified atom stereocenters. The number of hydrogen-bond donors (Lipinski definition) is 3. The van der Waals surface area contributed by atoms with Gasteiger partial charge in [-0.2, -0.15) is 13.2 Å². The molecule has 2 rings (SSSR count). The number of hydrazine groups is 1. The van der Waals surface area contributed by atoms with Crippen molar-refractivity contribution in [3.63, 3.8) is 0 Å². The number of nitrogens with one attached hydrogen (secondary N) is 2. The van der Waals surface area contributed by atoms with Gasteiger partial charge in [0.15, 0.2) is 5.82 Å². The van der Waals surface area contributed by atoms with Gasteiger partial charge in [-0.05, 0) is 12.8 Å². The van der Waals surface area contributed by atoms with Crippen LogP contribution in [-0.2, 0) is 0 Å². The average molecular weight is 261 g/mol. The van der Waals surface area contributed by atoms with Crippen molar-refractivity contribution in [3.8, 4) is 0 Å². The normalized spacial score (nSPS) is 17.1. The topological polar surface area (TPSA) is 92.9 Å². The molecule has 1 heterocycles. The smallest absolute Gasteiger partial charge is 0.336 e. The van der Waals surface area contributed by atoms with Gasteiger partial charge >= 0.3 is 6.18 Å². The number of anilines is 1. The Labute approximate surface area is 99.8 Å². The van der Waals surface area contributed by atoms with Gasteiger partial charge in [0.1, 0.15) is 11.2 Å². The van der Waals surface area contributed by atoms with Gasteiger partial charge in [-0.25, -0.2) is 10.8 Å². The van der Waals surface area contributed by atoms with Crippen molar-refractivity contribution in [3.05, 3.63) is 18.1 Å². The third-order valence-corrected chi connectivity index (χ3v) is 2.66. The highest BCUT2D eigenvalue weighted by Crippen LogP contribution is 2.48. The lowest BCUT2D eigenvalue weighted by Crippen LogP contribution is -2.48. The standard InChI is InChI=1S/C9H10F3N5O/c10-9(11,12)8(1-2-8)16-7(18)5-3-14-4-6(15-5)17-13/h3-4H,1-2,13H2,(H,15,17)(H,16,18). The minimum Gasteiger partial charge on any atom is -0.336 e. The maximum atomic E-state index is 12.6. The number of amides is 1. The van der Waals surface area contributed by atoms with Crippen molar-refractivity contribution in [1.82, 2.24) is 15.3 Å². The first kappa shape index (κ1) is 12.6. The van der Waals surface area contributed by atoms with Crippen molar-refractivity contribution in [2.24, 2.45) is 5.84 Å². The van der Waals surface area contributed by atoms with Gasteiger partial charge in [0, 0.05) is 0 Å². The second kappa shape index (κ2) is 4.09. The fourth-order valence-electron chi connectivity index (χ4n) is 1.43. The second-order valence-corrected chi connectivity index (χ2v) is 3.97. The van der Waals surface area contributed by atoms with E-state index in [9.17, 15) is 18.0 Å². The summed E-state index contributed by atoms with van der Waals surface area (Å²) in [4.78, 5) is 19.0. The molecule has 0 bridgehead atoms. The number of rotatable bonds is 3. The number of halogens is 3. The fourth-order valence-corrected chi connectivity index (χ4v) is 1.43.